The Morgan fingerprint density at radius 1 is 1.26 bits per heavy atom. The number of aromatic nitrogens is 1. The summed E-state index contributed by atoms with van der Waals surface area (Å²) in [5.41, 5.74) is 1.58. The molecule has 0 saturated carbocycles. The number of carbonyl (C=O) groups is 2. The maximum Gasteiger partial charge on any atom is 0.337 e. The van der Waals surface area contributed by atoms with Gasteiger partial charge in [-0.05, 0) is 30.3 Å². The molecule has 0 aliphatic rings. The quantitative estimate of drug-likeness (QED) is 0.633. The van der Waals surface area contributed by atoms with Crippen LogP contribution >= 0.6 is 0 Å². The van der Waals surface area contributed by atoms with E-state index in [2.05, 4.69) is 26.9 Å². The molecule has 2 aromatic rings. The van der Waals surface area contributed by atoms with Crippen LogP contribution in [-0.4, -0.2) is 30.5 Å². The van der Waals surface area contributed by atoms with Gasteiger partial charge in [0.25, 0.3) is 5.91 Å². The number of nitrogens with one attached hydrogen (secondary N) is 2. The lowest BCUT2D eigenvalue weighted by Crippen LogP contribution is -2.23. The fourth-order valence-electron chi connectivity index (χ4n) is 1.90. The number of amides is 1. The summed E-state index contributed by atoms with van der Waals surface area (Å²) >= 11 is 0. The van der Waals surface area contributed by atoms with Crippen molar-refractivity contribution in [1.29, 1.82) is 0 Å². The van der Waals surface area contributed by atoms with Crippen LogP contribution in [0.4, 0.5) is 11.5 Å². The summed E-state index contributed by atoms with van der Waals surface area (Å²) in [4.78, 5) is 27.6. The number of ether oxygens (including phenoxy) is 1. The third kappa shape index (κ3) is 4.41. The van der Waals surface area contributed by atoms with E-state index in [0.717, 1.165) is 0 Å². The molecule has 1 heterocycles. The van der Waals surface area contributed by atoms with E-state index in [1.54, 1.807) is 42.5 Å². The number of hydrogen-bond acceptors (Lipinski definition) is 5. The molecule has 0 aliphatic heterocycles. The SMILES string of the molecule is C=CCNC(=O)c1ccnc(Nc2cccc(C(=O)OC)c2)c1. The molecule has 1 amide bonds. The number of benzene rings is 1. The zero-order valence-corrected chi connectivity index (χ0v) is 12.7. The molecule has 0 saturated heterocycles. The summed E-state index contributed by atoms with van der Waals surface area (Å²) in [6.07, 6.45) is 3.14. The molecule has 0 atom stereocenters. The second kappa shape index (κ2) is 7.74. The van der Waals surface area contributed by atoms with E-state index in [-0.39, 0.29) is 5.91 Å². The van der Waals surface area contributed by atoms with Gasteiger partial charge in [-0.25, -0.2) is 9.78 Å². The molecule has 23 heavy (non-hydrogen) atoms. The Balaban J connectivity index is 2.16. The van der Waals surface area contributed by atoms with Gasteiger partial charge in [-0.1, -0.05) is 12.1 Å². The highest BCUT2D eigenvalue weighted by Crippen LogP contribution is 2.17. The predicted molar refractivity (Wildman–Crippen MR) is 87.8 cm³/mol. The second-order valence-corrected chi connectivity index (χ2v) is 4.63. The lowest BCUT2D eigenvalue weighted by Gasteiger charge is -2.08. The van der Waals surface area contributed by atoms with E-state index in [1.807, 2.05) is 0 Å². The van der Waals surface area contributed by atoms with Crippen molar-refractivity contribution in [2.24, 2.45) is 0 Å². The van der Waals surface area contributed by atoms with E-state index in [0.29, 0.717) is 29.2 Å². The van der Waals surface area contributed by atoms with Crippen molar-refractivity contribution in [1.82, 2.24) is 10.3 Å². The summed E-state index contributed by atoms with van der Waals surface area (Å²) in [7, 11) is 1.33. The Morgan fingerprint density at radius 2 is 2.09 bits per heavy atom. The molecule has 1 aromatic heterocycles. The third-order valence-corrected chi connectivity index (χ3v) is 2.99. The minimum absolute atomic E-state index is 0.210. The normalized spacial score (nSPS) is 9.78. The second-order valence-electron chi connectivity index (χ2n) is 4.63. The van der Waals surface area contributed by atoms with E-state index in [4.69, 9.17) is 0 Å². The number of rotatable bonds is 6. The first kappa shape index (κ1) is 16.2. The highest BCUT2D eigenvalue weighted by Gasteiger charge is 2.08. The number of hydrogen-bond donors (Lipinski definition) is 2. The molecule has 118 valence electrons. The standard InChI is InChI=1S/C17H17N3O3/c1-3-8-19-16(21)12-7-9-18-15(11-12)20-14-6-4-5-13(10-14)17(22)23-2/h3-7,9-11H,1,8H2,2H3,(H,18,20)(H,19,21). The fourth-order valence-corrected chi connectivity index (χ4v) is 1.90. The van der Waals surface area contributed by atoms with Crippen molar-refractivity contribution in [2.45, 2.75) is 0 Å². The van der Waals surface area contributed by atoms with E-state index in [1.165, 1.54) is 13.3 Å². The first-order valence-corrected chi connectivity index (χ1v) is 6.94. The van der Waals surface area contributed by atoms with Gasteiger partial charge in [0.15, 0.2) is 0 Å². The van der Waals surface area contributed by atoms with Gasteiger partial charge >= 0.3 is 5.97 Å². The Bertz CT molecular complexity index is 729. The van der Waals surface area contributed by atoms with E-state index < -0.39 is 5.97 Å². The minimum atomic E-state index is -0.417. The summed E-state index contributed by atoms with van der Waals surface area (Å²) in [6, 6.07) is 10.1. The van der Waals surface area contributed by atoms with Crippen molar-refractivity contribution in [3.63, 3.8) is 0 Å². The fraction of sp³-hybridized carbons (Fsp3) is 0.118. The molecule has 0 unspecified atom stereocenters. The molecule has 0 spiro atoms. The Hall–Kier alpha value is -3.15. The van der Waals surface area contributed by atoms with Gasteiger partial charge in [-0.2, -0.15) is 0 Å². The highest BCUT2D eigenvalue weighted by atomic mass is 16.5. The predicted octanol–water partition coefficient (Wildman–Crippen LogP) is 2.53. The van der Waals surface area contributed by atoms with Crippen LogP contribution in [0.3, 0.4) is 0 Å². The summed E-state index contributed by atoms with van der Waals surface area (Å²) in [6.45, 7) is 3.95. The van der Waals surface area contributed by atoms with E-state index in [9.17, 15) is 9.59 Å². The molecule has 6 heteroatoms. The van der Waals surface area contributed by atoms with Crippen molar-refractivity contribution in [2.75, 3.05) is 19.0 Å². The van der Waals surface area contributed by atoms with Gasteiger partial charge in [0.05, 0.1) is 12.7 Å². The first-order valence-electron chi connectivity index (χ1n) is 6.94. The molecule has 2 rings (SSSR count). The summed E-state index contributed by atoms with van der Waals surface area (Å²) in [5.74, 6) is -0.129. The van der Waals surface area contributed by atoms with Crippen LogP contribution in [0.5, 0.6) is 0 Å². The van der Waals surface area contributed by atoms with Gasteiger partial charge in [0.2, 0.25) is 0 Å². The average Bonchev–Trinajstić information content (AvgIpc) is 2.59. The van der Waals surface area contributed by atoms with Crippen LogP contribution in [0.15, 0.2) is 55.3 Å². The number of methoxy groups -OCH3 is 1. The lowest BCUT2D eigenvalue weighted by atomic mass is 10.2. The van der Waals surface area contributed by atoms with Gasteiger partial charge in [0, 0.05) is 24.0 Å². The smallest absolute Gasteiger partial charge is 0.337 e. The number of esters is 1. The van der Waals surface area contributed by atoms with Crippen LogP contribution in [0.1, 0.15) is 20.7 Å². The number of pyridine rings is 1. The van der Waals surface area contributed by atoms with Crippen molar-refractivity contribution >= 4 is 23.4 Å². The minimum Gasteiger partial charge on any atom is -0.465 e. The zero-order valence-electron chi connectivity index (χ0n) is 12.7. The van der Waals surface area contributed by atoms with Gasteiger partial charge in [0.1, 0.15) is 5.82 Å². The number of nitrogens with zero attached hydrogens (tertiary/aromatic N) is 1. The largest absolute Gasteiger partial charge is 0.465 e. The molecule has 0 aliphatic carbocycles. The van der Waals surface area contributed by atoms with Gasteiger partial charge in [-0.15, -0.1) is 6.58 Å². The van der Waals surface area contributed by atoms with Crippen molar-refractivity contribution in [3.05, 3.63) is 66.4 Å². The van der Waals surface area contributed by atoms with E-state index >= 15 is 0 Å². The van der Waals surface area contributed by atoms with Crippen molar-refractivity contribution in [3.8, 4) is 0 Å². The molecule has 0 radical (unpaired) electrons. The Morgan fingerprint density at radius 3 is 2.83 bits per heavy atom. The van der Waals surface area contributed by atoms with Gasteiger partial charge in [-0.3, -0.25) is 4.79 Å². The molecule has 2 N–H and O–H groups in total. The number of carbonyl (C=O) groups excluding carboxylic acids is 2. The zero-order chi connectivity index (χ0) is 16.7. The first-order chi connectivity index (χ1) is 11.1. The Kier molecular flexibility index (Phi) is 5.46. The molecule has 6 nitrogen and oxygen atoms in total. The third-order valence-electron chi connectivity index (χ3n) is 2.99. The van der Waals surface area contributed by atoms with Crippen LogP contribution in [0.25, 0.3) is 0 Å². The van der Waals surface area contributed by atoms with Crippen LogP contribution in [0.2, 0.25) is 0 Å². The highest BCUT2D eigenvalue weighted by molar-refractivity contribution is 5.95. The molecular weight excluding hydrogens is 294 g/mol. The van der Waals surface area contributed by atoms with Crippen LogP contribution < -0.4 is 10.6 Å². The summed E-state index contributed by atoms with van der Waals surface area (Å²) in [5, 5.41) is 5.75. The maximum atomic E-state index is 11.9. The van der Waals surface area contributed by atoms with Crippen LogP contribution in [-0.2, 0) is 4.74 Å². The van der Waals surface area contributed by atoms with Crippen molar-refractivity contribution < 1.29 is 14.3 Å². The summed E-state index contributed by atoms with van der Waals surface area (Å²) < 4.78 is 4.69. The van der Waals surface area contributed by atoms with Crippen LogP contribution in [0, 0.1) is 0 Å². The number of anilines is 2. The monoisotopic (exact) mass is 311 g/mol. The molecule has 0 bridgehead atoms. The molecule has 0 fully saturated rings. The lowest BCUT2D eigenvalue weighted by molar-refractivity contribution is 0.0600. The molecule has 1 aromatic carbocycles. The Labute approximate surface area is 134 Å². The average molecular weight is 311 g/mol. The topological polar surface area (TPSA) is 80.3 Å². The maximum absolute atomic E-state index is 11.9. The van der Waals surface area contributed by atoms with Gasteiger partial charge < -0.3 is 15.4 Å². The molecular formula is C17H17N3O3.